The second kappa shape index (κ2) is 11.4. The lowest BCUT2D eigenvalue weighted by Crippen LogP contribution is -2.06. The Hall–Kier alpha value is -2.20. The van der Waals surface area contributed by atoms with Crippen molar-refractivity contribution >= 4 is 5.69 Å². The molecule has 0 bridgehead atoms. The molecule has 2 aromatic carbocycles. The molecular formula is C21H29NO3. The highest BCUT2D eigenvalue weighted by atomic mass is 16.5. The Kier molecular flexibility index (Phi) is 8.70. The smallest absolute Gasteiger partial charge is 0.121 e. The first-order valence-corrected chi connectivity index (χ1v) is 9.08. The van der Waals surface area contributed by atoms with Gasteiger partial charge in [0.05, 0.1) is 13.2 Å². The van der Waals surface area contributed by atoms with Crippen LogP contribution in [0.15, 0.2) is 48.5 Å². The molecule has 4 nitrogen and oxygen atoms in total. The molecule has 0 aliphatic carbocycles. The summed E-state index contributed by atoms with van der Waals surface area (Å²) in [6.07, 6.45) is 2.22. The van der Waals surface area contributed by atoms with Crippen molar-refractivity contribution in [2.24, 2.45) is 0 Å². The van der Waals surface area contributed by atoms with Crippen LogP contribution in [0.1, 0.15) is 32.3 Å². The van der Waals surface area contributed by atoms with E-state index in [1.807, 2.05) is 37.3 Å². The van der Waals surface area contributed by atoms with Gasteiger partial charge in [0.15, 0.2) is 0 Å². The van der Waals surface area contributed by atoms with E-state index in [-0.39, 0.29) is 0 Å². The largest absolute Gasteiger partial charge is 0.494 e. The lowest BCUT2D eigenvalue weighted by molar-refractivity contribution is 0.110. The Bertz CT molecular complexity index is 598. The van der Waals surface area contributed by atoms with Gasteiger partial charge in [0.1, 0.15) is 18.1 Å². The topological polar surface area (TPSA) is 39.7 Å². The van der Waals surface area contributed by atoms with Gasteiger partial charge in [0.2, 0.25) is 0 Å². The van der Waals surface area contributed by atoms with Gasteiger partial charge >= 0.3 is 0 Å². The molecule has 0 aliphatic rings. The van der Waals surface area contributed by atoms with Gasteiger partial charge in [-0.3, -0.25) is 0 Å². The molecule has 0 saturated carbocycles. The highest BCUT2D eigenvalue weighted by Gasteiger charge is 1.99. The summed E-state index contributed by atoms with van der Waals surface area (Å²) in [5, 5.41) is 3.43. The maximum absolute atomic E-state index is 5.74. The van der Waals surface area contributed by atoms with Crippen molar-refractivity contribution in [1.82, 2.24) is 0 Å². The first-order chi connectivity index (χ1) is 12.3. The van der Waals surface area contributed by atoms with Gasteiger partial charge in [0, 0.05) is 24.9 Å². The third-order valence-electron chi connectivity index (χ3n) is 3.72. The van der Waals surface area contributed by atoms with E-state index in [4.69, 9.17) is 14.2 Å². The molecule has 25 heavy (non-hydrogen) atoms. The lowest BCUT2D eigenvalue weighted by Gasteiger charge is -2.11. The minimum Gasteiger partial charge on any atom is -0.494 e. The normalized spacial score (nSPS) is 10.5. The summed E-state index contributed by atoms with van der Waals surface area (Å²) in [7, 11) is 0. The number of benzene rings is 2. The van der Waals surface area contributed by atoms with Gasteiger partial charge in [-0.05, 0) is 43.2 Å². The summed E-state index contributed by atoms with van der Waals surface area (Å²) >= 11 is 0. The molecule has 0 spiro atoms. The van der Waals surface area contributed by atoms with Crippen molar-refractivity contribution in [3.63, 3.8) is 0 Å². The number of hydrogen-bond donors (Lipinski definition) is 1. The van der Waals surface area contributed by atoms with Crippen LogP contribution in [-0.4, -0.2) is 26.4 Å². The molecule has 0 atom stereocenters. The third kappa shape index (κ3) is 7.48. The number of hydrogen-bond acceptors (Lipinski definition) is 4. The maximum atomic E-state index is 5.74. The number of unbranched alkanes of at least 4 members (excludes halogenated alkanes) is 1. The van der Waals surface area contributed by atoms with E-state index in [0.717, 1.165) is 49.8 Å². The van der Waals surface area contributed by atoms with E-state index >= 15 is 0 Å². The average Bonchev–Trinajstić information content (AvgIpc) is 2.65. The zero-order valence-electron chi connectivity index (χ0n) is 15.3. The van der Waals surface area contributed by atoms with Crippen LogP contribution in [0.5, 0.6) is 11.5 Å². The molecule has 0 fully saturated rings. The number of anilines is 1. The highest BCUT2D eigenvalue weighted by Crippen LogP contribution is 2.19. The van der Waals surface area contributed by atoms with Crippen molar-refractivity contribution in [3.05, 3.63) is 54.1 Å². The van der Waals surface area contributed by atoms with Gasteiger partial charge < -0.3 is 19.5 Å². The summed E-state index contributed by atoms with van der Waals surface area (Å²) in [5.74, 6) is 1.78. The first-order valence-electron chi connectivity index (χ1n) is 9.08. The summed E-state index contributed by atoms with van der Waals surface area (Å²) in [5.41, 5.74) is 2.26. The molecule has 0 unspecified atom stereocenters. The zero-order valence-corrected chi connectivity index (χ0v) is 15.3. The van der Waals surface area contributed by atoms with Crippen LogP contribution in [-0.2, 0) is 11.3 Å². The second-order valence-corrected chi connectivity index (χ2v) is 5.77. The van der Waals surface area contributed by atoms with Gasteiger partial charge in [-0.25, -0.2) is 0 Å². The molecule has 0 aliphatic heterocycles. The van der Waals surface area contributed by atoms with Crippen molar-refractivity contribution < 1.29 is 14.2 Å². The summed E-state index contributed by atoms with van der Waals surface area (Å²) in [6, 6.07) is 16.2. The van der Waals surface area contributed by atoms with Crippen molar-refractivity contribution in [3.8, 4) is 11.5 Å². The zero-order chi connectivity index (χ0) is 17.7. The van der Waals surface area contributed by atoms with Gasteiger partial charge in [-0.1, -0.05) is 31.5 Å². The van der Waals surface area contributed by atoms with E-state index in [1.165, 1.54) is 5.56 Å². The van der Waals surface area contributed by atoms with Crippen LogP contribution in [0.25, 0.3) is 0 Å². The van der Waals surface area contributed by atoms with Crippen LogP contribution < -0.4 is 14.8 Å². The van der Waals surface area contributed by atoms with Crippen LogP contribution >= 0.6 is 0 Å². The molecule has 136 valence electrons. The van der Waals surface area contributed by atoms with Gasteiger partial charge in [0.25, 0.3) is 0 Å². The minimum absolute atomic E-state index is 0.580. The van der Waals surface area contributed by atoms with E-state index in [2.05, 4.69) is 30.4 Å². The van der Waals surface area contributed by atoms with Crippen LogP contribution in [0.3, 0.4) is 0 Å². The predicted molar refractivity (Wildman–Crippen MR) is 103 cm³/mol. The maximum Gasteiger partial charge on any atom is 0.121 e. The van der Waals surface area contributed by atoms with E-state index in [0.29, 0.717) is 13.2 Å². The fourth-order valence-corrected chi connectivity index (χ4v) is 2.30. The monoisotopic (exact) mass is 343 g/mol. The van der Waals surface area contributed by atoms with E-state index in [9.17, 15) is 0 Å². The molecule has 1 N–H and O–H groups in total. The van der Waals surface area contributed by atoms with E-state index in [1.54, 1.807) is 0 Å². The van der Waals surface area contributed by atoms with Crippen LogP contribution in [0, 0.1) is 0 Å². The standard InChI is InChI=1S/C21H29NO3/c1-3-5-13-24-21-8-6-7-19(16-21)22-17-18-9-11-20(12-10-18)25-15-14-23-4-2/h6-12,16,22H,3-5,13-15,17H2,1-2H3. The predicted octanol–water partition coefficient (Wildman–Crippen LogP) is 4.89. The van der Waals surface area contributed by atoms with E-state index < -0.39 is 0 Å². The summed E-state index contributed by atoms with van der Waals surface area (Å²) in [6.45, 7) is 7.60. The third-order valence-corrected chi connectivity index (χ3v) is 3.72. The molecule has 2 aromatic rings. The highest BCUT2D eigenvalue weighted by molar-refractivity contribution is 5.48. The van der Waals surface area contributed by atoms with Crippen LogP contribution in [0.2, 0.25) is 0 Å². The SMILES string of the molecule is CCCCOc1cccc(NCc2ccc(OCCOCC)cc2)c1. The second-order valence-electron chi connectivity index (χ2n) is 5.77. The van der Waals surface area contributed by atoms with Crippen molar-refractivity contribution in [2.75, 3.05) is 31.7 Å². The Labute approximate surface area is 151 Å². The molecule has 0 saturated heterocycles. The molecule has 2 rings (SSSR count). The quantitative estimate of drug-likeness (QED) is 0.557. The Balaban J connectivity index is 1.77. The van der Waals surface area contributed by atoms with Crippen molar-refractivity contribution in [2.45, 2.75) is 33.2 Å². The number of rotatable bonds is 12. The Morgan fingerprint density at radius 1 is 0.840 bits per heavy atom. The lowest BCUT2D eigenvalue weighted by atomic mass is 10.2. The molecule has 0 aromatic heterocycles. The first kappa shape index (κ1) is 19.1. The molecule has 0 heterocycles. The average molecular weight is 343 g/mol. The number of ether oxygens (including phenoxy) is 3. The Morgan fingerprint density at radius 3 is 2.40 bits per heavy atom. The van der Waals surface area contributed by atoms with Crippen molar-refractivity contribution in [1.29, 1.82) is 0 Å². The fraction of sp³-hybridized carbons (Fsp3) is 0.429. The molecule has 4 heteroatoms. The van der Waals surface area contributed by atoms with Crippen LogP contribution in [0.4, 0.5) is 5.69 Å². The minimum atomic E-state index is 0.580. The summed E-state index contributed by atoms with van der Waals surface area (Å²) in [4.78, 5) is 0. The Morgan fingerprint density at radius 2 is 1.64 bits per heavy atom. The van der Waals surface area contributed by atoms with Gasteiger partial charge in [-0.2, -0.15) is 0 Å². The number of nitrogens with one attached hydrogen (secondary N) is 1. The molecular weight excluding hydrogens is 314 g/mol. The summed E-state index contributed by atoms with van der Waals surface area (Å²) < 4.78 is 16.6. The fourth-order valence-electron chi connectivity index (χ4n) is 2.30. The van der Waals surface area contributed by atoms with Gasteiger partial charge in [-0.15, -0.1) is 0 Å². The molecule has 0 radical (unpaired) electrons. The molecule has 0 amide bonds.